The molecule has 0 radical (unpaired) electrons. The lowest BCUT2D eigenvalue weighted by atomic mass is 10.1. The van der Waals surface area contributed by atoms with Gasteiger partial charge in [0.2, 0.25) is 0 Å². The molecule has 1 N–H and O–H groups in total. The quantitative estimate of drug-likeness (QED) is 0.745. The smallest absolute Gasteiger partial charge is 0.335 e. The highest BCUT2D eigenvalue weighted by atomic mass is 32.2. The third kappa shape index (κ3) is 2.01. The van der Waals surface area contributed by atoms with E-state index in [0.717, 1.165) is 0 Å². The molecule has 0 aliphatic heterocycles. The molecule has 1 rings (SSSR count). The Morgan fingerprint density at radius 3 is 2.62 bits per heavy atom. The van der Waals surface area contributed by atoms with E-state index in [0.29, 0.717) is 10.5 Å². The Bertz CT molecular complexity index is 350. The third-order valence-electron chi connectivity index (χ3n) is 1.73. The second-order valence-corrected chi connectivity index (χ2v) is 3.45. The lowest BCUT2D eigenvalue weighted by Gasteiger charge is -2.04. The number of hydrogen-bond acceptors (Lipinski definition) is 2. The van der Waals surface area contributed by atoms with Gasteiger partial charge in [0.1, 0.15) is 5.82 Å². The Balaban J connectivity index is 3.30. The van der Waals surface area contributed by atoms with Gasteiger partial charge in [-0.25, -0.2) is 9.18 Å². The number of carboxylic acid groups (broad SMARTS) is 1. The number of thioether (sulfide) groups is 1. The highest BCUT2D eigenvalue weighted by Gasteiger charge is 2.11. The van der Waals surface area contributed by atoms with Crippen molar-refractivity contribution in [2.75, 3.05) is 6.26 Å². The zero-order valence-electron chi connectivity index (χ0n) is 7.30. The van der Waals surface area contributed by atoms with E-state index < -0.39 is 5.97 Å². The van der Waals surface area contributed by atoms with E-state index in [4.69, 9.17) is 5.11 Å². The van der Waals surface area contributed by atoms with Crippen LogP contribution in [-0.2, 0) is 0 Å². The van der Waals surface area contributed by atoms with Crippen molar-refractivity contribution in [1.29, 1.82) is 0 Å². The molecule has 0 atom stereocenters. The van der Waals surface area contributed by atoms with E-state index in [1.807, 2.05) is 0 Å². The van der Waals surface area contributed by atoms with Gasteiger partial charge in [-0.05, 0) is 30.9 Å². The molecule has 1 aromatic rings. The Labute approximate surface area is 79.8 Å². The predicted octanol–water partition coefficient (Wildman–Crippen LogP) is 2.55. The van der Waals surface area contributed by atoms with Crippen LogP contribution in [0.3, 0.4) is 0 Å². The minimum Gasteiger partial charge on any atom is -0.478 e. The number of carboxylic acids is 1. The van der Waals surface area contributed by atoms with Crippen LogP contribution in [0.5, 0.6) is 0 Å². The molecule has 0 bridgehead atoms. The van der Waals surface area contributed by atoms with Crippen LogP contribution in [0.1, 0.15) is 15.9 Å². The maximum Gasteiger partial charge on any atom is 0.335 e. The monoisotopic (exact) mass is 200 g/mol. The molecule has 0 amide bonds. The number of halogens is 1. The van der Waals surface area contributed by atoms with Gasteiger partial charge >= 0.3 is 5.97 Å². The summed E-state index contributed by atoms with van der Waals surface area (Å²) in [4.78, 5) is 11.0. The van der Waals surface area contributed by atoms with Gasteiger partial charge < -0.3 is 5.11 Å². The fourth-order valence-electron chi connectivity index (χ4n) is 1.04. The van der Waals surface area contributed by atoms with Gasteiger partial charge in [0.25, 0.3) is 0 Å². The third-order valence-corrected chi connectivity index (χ3v) is 2.48. The molecule has 0 spiro atoms. The average molecular weight is 200 g/mol. The van der Waals surface area contributed by atoms with Crippen LogP contribution in [0.15, 0.2) is 17.0 Å². The minimum absolute atomic E-state index is 0.158. The normalized spacial score (nSPS) is 10.1. The van der Waals surface area contributed by atoms with Gasteiger partial charge in [0.05, 0.1) is 5.56 Å². The van der Waals surface area contributed by atoms with Gasteiger partial charge in [0, 0.05) is 4.90 Å². The van der Waals surface area contributed by atoms with Crippen LogP contribution in [0.25, 0.3) is 0 Å². The van der Waals surface area contributed by atoms with E-state index in [2.05, 4.69) is 0 Å². The van der Waals surface area contributed by atoms with Crippen molar-refractivity contribution in [2.24, 2.45) is 0 Å². The number of hydrogen-bond donors (Lipinski definition) is 1. The van der Waals surface area contributed by atoms with Crippen molar-refractivity contribution >= 4 is 17.7 Å². The summed E-state index contributed by atoms with van der Waals surface area (Å²) in [7, 11) is 0. The van der Waals surface area contributed by atoms with E-state index in [1.54, 1.807) is 13.2 Å². The number of aromatic carboxylic acids is 1. The van der Waals surface area contributed by atoms with Crippen LogP contribution in [0.2, 0.25) is 0 Å². The SMILES string of the molecule is CSc1cc(C(=O)O)c(C)cc1F. The second-order valence-electron chi connectivity index (χ2n) is 2.61. The van der Waals surface area contributed by atoms with Crippen LogP contribution >= 0.6 is 11.8 Å². The summed E-state index contributed by atoms with van der Waals surface area (Å²) < 4.78 is 13.1. The van der Waals surface area contributed by atoms with E-state index in [9.17, 15) is 9.18 Å². The molecule has 0 aliphatic rings. The highest BCUT2D eigenvalue weighted by molar-refractivity contribution is 7.98. The lowest BCUT2D eigenvalue weighted by Crippen LogP contribution is -2.01. The standard InChI is InChI=1S/C9H9FO2S/c1-5-3-7(10)8(13-2)4-6(5)9(11)12/h3-4H,1-2H3,(H,11,12). The summed E-state index contributed by atoms with van der Waals surface area (Å²) in [5.41, 5.74) is 0.605. The van der Waals surface area contributed by atoms with Crippen molar-refractivity contribution in [2.45, 2.75) is 11.8 Å². The molecule has 4 heteroatoms. The van der Waals surface area contributed by atoms with Crippen molar-refractivity contribution in [3.8, 4) is 0 Å². The molecule has 0 aromatic heterocycles. The minimum atomic E-state index is -1.02. The maximum atomic E-state index is 13.1. The molecule has 0 saturated carbocycles. The van der Waals surface area contributed by atoms with Crippen LogP contribution in [0, 0.1) is 12.7 Å². The van der Waals surface area contributed by atoms with Crippen molar-refractivity contribution in [3.63, 3.8) is 0 Å². The molecular weight excluding hydrogens is 191 g/mol. The number of rotatable bonds is 2. The molecule has 0 fully saturated rings. The van der Waals surface area contributed by atoms with Crippen molar-refractivity contribution in [3.05, 3.63) is 29.1 Å². The van der Waals surface area contributed by atoms with Crippen molar-refractivity contribution < 1.29 is 14.3 Å². The lowest BCUT2D eigenvalue weighted by molar-refractivity contribution is 0.0695. The zero-order valence-corrected chi connectivity index (χ0v) is 8.11. The van der Waals surface area contributed by atoms with E-state index in [-0.39, 0.29) is 11.4 Å². The first kappa shape index (κ1) is 10.1. The van der Waals surface area contributed by atoms with E-state index >= 15 is 0 Å². The largest absolute Gasteiger partial charge is 0.478 e. The summed E-state index contributed by atoms with van der Waals surface area (Å²) >= 11 is 1.20. The van der Waals surface area contributed by atoms with Gasteiger partial charge in [-0.2, -0.15) is 0 Å². The van der Waals surface area contributed by atoms with Gasteiger partial charge in [-0.1, -0.05) is 0 Å². The van der Waals surface area contributed by atoms with Crippen LogP contribution < -0.4 is 0 Å². The summed E-state index contributed by atoms with van der Waals surface area (Å²) in [5.74, 6) is -1.39. The molecule has 0 saturated heterocycles. The fraction of sp³-hybridized carbons (Fsp3) is 0.222. The van der Waals surface area contributed by atoms with Gasteiger partial charge in [-0.15, -0.1) is 11.8 Å². The van der Waals surface area contributed by atoms with Crippen molar-refractivity contribution in [1.82, 2.24) is 0 Å². The molecule has 1 aromatic carbocycles. The van der Waals surface area contributed by atoms with Crippen LogP contribution in [-0.4, -0.2) is 17.3 Å². The second kappa shape index (κ2) is 3.79. The van der Waals surface area contributed by atoms with Gasteiger partial charge in [-0.3, -0.25) is 0 Å². The summed E-state index contributed by atoms with van der Waals surface area (Å²) in [6.07, 6.45) is 1.71. The first-order valence-corrected chi connectivity index (χ1v) is 4.86. The Kier molecular flexibility index (Phi) is 2.93. The predicted molar refractivity (Wildman–Crippen MR) is 49.9 cm³/mol. The summed E-state index contributed by atoms with van der Waals surface area (Å²) in [5, 5.41) is 8.74. The topological polar surface area (TPSA) is 37.3 Å². The number of benzene rings is 1. The maximum absolute atomic E-state index is 13.1. The zero-order chi connectivity index (χ0) is 10.0. The number of carbonyl (C=O) groups is 1. The average Bonchev–Trinajstić information content (AvgIpc) is 2.03. The molecular formula is C9H9FO2S. The van der Waals surface area contributed by atoms with Crippen LogP contribution in [0.4, 0.5) is 4.39 Å². The molecule has 0 heterocycles. The number of aryl methyl sites for hydroxylation is 1. The fourth-order valence-corrected chi connectivity index (χ4v) is 1.53. The first-order valence-electron chi connectivity index (χ1n) is 3.63. The summed E-state index contributed by atoms with van der Waals surface area (Å²) in [6, 6.07) is 2.60. The molecule has 13 heavy (non-hydrogen) atoms. The molecule has 0 unspecified atom stereocenters. The summed E-state index contributed by atoms with van der Waals surface area (Å²) in [6.45, 7) is 1.58. The Morgan fingerprint density at radius 1 is 1.54 bits per heavy atom. The highest BCUT2D eigenvalue weighted by Crippen LogP contribution is 2.23. The van der Waals surface area contributed by atoms with Gasteiger partial charge in [0.15, 0.2) is 0 Å². The first-order chi connectivity index (χ1) is 6.06. The Hall–Kier alpha value is -1.03. The molecule has 0 aliphatic carbocycles. The van der Waals surface area contributed by atoms with E-state index in [1.165, 1.54) is 23.9 Å². The molecule has 2 nitrogen and oxygen atoms in total. The molecule has 70 valence electrons. The Morgan fingerprint density at radius 2 is 2.15 bits per heavy atom.